The maximum Gasteiger partial charge on any atom is 0.326 e. The number of nitrogens with one attached hydrogen (secondary N) is 3. The molecule has 0 aromatic carbocycles. The molecule has 196 valence electrons. The van der Waals surface area contributed by atoms with Crippen LogP contribution in [0.5, 0.6) is 0 Å². The molecule has 0 saturated heterocycles. The van der Waals surface area contributed by atoms with E-state index in [2.05, 4.69) is 33.6 Å². The number of hydrogen-bond donors (Lipinski definition) is 9. The number of hydrogen-bond acceptors (Lipinski definition) is 8. The Labute approximate surface area is 205 Å². The Balaban J connectivity index is 5.07. The number of nitrogens with two attached hydrogens (primary N) is 4. The fourth-order valence-electron chi connectivity index (χ4n) is 2.92. The van der Waals surface area contributed by atoms with Gasteiger partial charge >= 0.3 is 5.97 Å². The number of carbonyl (C=O) groups is 4. The van der Waals surface area contributed by atoms with Gasteiger partial charge < -0.3 is 44.0 Å². The SMILES string of the molecule is CC(C)C(NC(=O)C(CS)NC(=O)C(N)CCCCN)C(=O)NC(CCCN=C(N)N)C(=O)O. The third-order valence-corrected chi connectivity index (χ3v) is 5.29. The summed E-state index contributed by atoms with van der Waals surface area (Å²) in [5, 5.41) is 17.0. The first-order chi connectivity index (χ1) is 15.9. The molecule has 0 bridgehead atoms. The molecule has 0 aromatic rings. The molecule has 0 aliphatic heterocycles. The summed E-state index contributed by atoms with van der Waals surface area (Å²) in [6, 6.07) is -4.06. The van der Waals surface area contributed by atoms with E-state index >= 15 is 0 Å². The molecular weight excluding hydrogens is 464 g/mol. The molecule has 0 aliphatic rings. The molecule has 4 atom stereocenters. The van der Waals surface area contributed by atoms with Crippen molar-refractivity contribution in [2.75, 3.05) is 18.8 Å². The summed E-state index contributed by atoms with van der Waals surface area (Å²) in [5.74, 6) is -3.54. The summed E-state index contributed by atoms with van der Waals surface area (Å²) in [5.41, 5.74) is 21.8. The second-order valence-corrected chi connectivity index (χ2v) is 8.58. The minimum atomic E-state index is -1.23. The van der Waals surface area contributed by atoms with E-state index in [4.69, 9.17) is 22.9 Å². The molecule has 4 unspecified atom stereocenters. The molecular formula is C20H40N8O5S. The summed E-state index contributed by atoms with van der Waals surface area (Å²) < 4.78 is 0. The predicted octanol–water partition coefficient (Wildman–Crippen LogP) is -2.38. The highest BCUT2D eigenvalue weighted by molar-refractivity contribution is 7.80. The second kappa shape index (κ2) is 16.9. The van der Waals surface area contributed by atoms with E-state index in [0.29, 0.717) is 25.8 Å². The van der Waals surface area contributed by atoms with Gasteiger partial charge in [0.1, 0.15) is 18.1 Å². The molecule has 0 radical (unpaired) electrons. The van der Waals surface area contributed by atoms with Gasteiger partial charge in [0.15, 0.2) is 5.96 Å². The summed E-state index contributed by atoms with van der Waals surface area (Å²) in [6.07, 6.45) is 2.24. The number of amides is 3. The Kier molecular flexibility index (Phi) is 15.7. The fourth-order valence-corrected chi connectivity index (χ4v) is 3.18. The normalized spacial score (nSPS) is 14.4. The smallest absolute Gasteiger partial charge is 0.326 e. The van der Waals surface area contributed by atoms with E-state index in [9.17, 15) is 24.3 Å². The summed E-state index contributed by atoms with van der Waals surface area (Å²) in [7, 11) is 0. The Morgan fingerprint density at radius 3 is 2.03 bits per heavy atom. The van der Waals surface area contributed by atoms with Crippen LogP contribution in [-0.4, -0.2) is 77.8 Å². The zero-order chi connectivity index (χ0) is 26.3. The van der Waals surface area contributed by atoms with Crippen LogP contribution in [0.15, 0.2) is 4.99 Å². The van der Waals surface area contributed by atoms with Gasteiger partial charge in [0.05, 0.1) is 6.04 Å². The Hall–Kier alpha value is -2.58. The van der Waals surface area contributed by atoms with E-state index in [1.165, 1.54) is 0 Å². The maximum absolute atomic E-state index is 12.8. The molecule has 13 nitrogen and oxygen atoms in total. The van der Waals surface area contributed by atoms with Crippen molar-refractivity contribution in [3.05, 3.63) is 0 Å². The number of aliphatic carboxylic acids is 1. The van der Waals surface area contributed by atoms with Gasteiger partial charge in [-0.15, -0.1) is 0 Å². The summed E-state index contributed by atoms with van der Waals surface area (Å²) in [4.78, 5) is 53.1. The molecule has 0 aliphatic carbocycles. The Morgan fingerprint density at radius 2 is 1.53 bits per heavy atom. The lowest BCUT2D eigenvalue weighted by Gasteiger charge is -2.26. The number of carbonyl (C=O) groups excluding carboxylic acids is 3. The lowest BCUT2D eigenvalue weighted by atomic mass is 10.0. The van der Waals surface area contributed by atoms with Crippen molar-refractivity contribution in [3.63, 3.8) is 0 Å². The second-order valence-electron chi connectivity index (χ2n) is 8.21. The van der Waals surface area contributed by atoms with E-state index in [1.54, 1.807) is 13.8 Å². The molecule has 12 N–H and O–H groups in total. The van der Waals surface area contributed by atoms with Crippen molar-refractivity contribution in [1.82, 2.24) is 16.0 Å². The van der Waals surface area contributed by atoms with Gasteiger partial charge in [-0.1, -0.05) is 20.3 Å². The quantitative estimate of drug-likeness (QED) is 0.0444. The van der Waals surface area contributed by atoms with Gasteiger partial charge in [-0.05, 0) is 38.1 Å². The molecule has 0 aromatic heterocycles. The van der Waals surface area contributed by atoms with Gasteiger partial charge in [0.25, 0.3) is 0 Å². The molecule has 0 saturated carbocycles. The van der Waals surface area contributed by atoms with Crippen LogP contribution in [0.3, 0.4) is 0 Å². The van der Waals surface area contributed by atoms with Gasteiger partial charge in [0, 0.05) is 12.3 Å². The van der Waals surface area contributed by atoms with Crippen molar-refractivity contribution in [2.24, 2.45) is 33.8 Å². The number of rotatable bonds is 17. The van der Waals surface area contributed by atoms with E-state index in [-0.39, 0.29) is 30.6 Å². The monoisotopic (exact) mass is 504 g/mol. The third-order valence-electron chi connectivity index (χ3n) is 4.93. The first-order valence-corrected chi connectivity index (χ1v) is 11.8. The van der Waals surface area contributed by atoms with E-state index in [0.717, 1.165) is 6.42 Å². The summed E-state index contributed by atoms with van der Waals surface area (Å²) >= 11 is 4.11. The van der Waals surface area contributed by atoms with Crippen LogP contribution in [0, 0.1) is 5.92 Å². The number of carboxylic acids is 1. The maximum atomic E-state index is 12.8. The average Bonchev–Trinajstić information content (AvgIpc) is 2.76. The molecule has 0 spiro atoms. The van der Waals surface area contributed by atoms with Crippen LogP contribution in [0.1, 0.15) is 46.0 Å². The Bertz CT molecular complexity index is 702. The highest BCUT2D eigenvalue weighted by atomic mass is 32.1. The third kappa shape index (κ3) is 12.6. The standard InChI is InChI=1S/C20H40N8O5S/c1-11(2)15(18(31)26-13(19(32)33)7-5-9-25-20(23)24)28-17(30)14(10-34)27-16(29)12(22)6-3-4-8-21/h11-15,34H,3-10,21-22H2,1-2H3,(H,26,31)(H,27,29)(H,28,30)(H,32,33)(H4,23,24,25). The van der Waals surface area contributed by atoms with Gasteiger partial charge in [-0.3, -0.25) is 19.4 Å². The average molecular weight is 505 g/mol. The van der Waals surface area contributed by atoms with E-state index in [1.807, 2.05) is 0 Å². The molecule has 0 fully saturated rings. The molecule has 34 heavy (non-hydrogen) atoms. The van der Waals surface area contributed by atoms with Crippen LogP contribution < -0.4 is 38.9 Å². The number of carboxylic acid groups (broad SMARTS) is 1. The zero-order valence-corrected chi connectivity index (χ0v) is 20.7. The van der Waals surface area contributed by atoms with Crippen molar-refractivity contribution in [3.8, 4) is 0 Å². The van der Waals surface area contributed by atoms with Crippen LogP contribution in [0.2, 0.25) is 0 Å². The van der Waals surface area contributed by atoms with E-state index < -0.39 is 47.9 Å². The molecule has 0 heterocycles. The number of unbranched alkanes of at least 4 members (excludes halogenated alkanes) is 1. The fraction of sp³-hybridized carbons (Fsp3) is 0.750. The van der Waals surface area contributed by atoms with Crippen molar-refractivity contribution >= 4 is 42.3 Å². The lowest BCUT2D eigenvalue weighted by Crippen LogP contribution is -2.58. The van der Waals surface area contributed by atoms with Crippen molar-refractivity contribution in [1.29, 1.82) is 0 Å². The van der Waals surface area contributed by atoms with Crippen molar-refractivity contribution < 1.29 is 24.3 Å². The first kappa shape index (κ1) is 31.4. The van der Waals surface area contributed by atoms with Crippen LogP contribution >= 0.6 is 12.6 Å². The highest BCUT2D eigenvalue weighted by Crippen LogP contribution is 2.06. The number of nitrogens with zero attached hydrogens (tertiary/aromatic N) is 1. The minimum absolute atomic E-state index is 0.0257. The molecule has 3 amide bonds. The number of aliphatic imine (C=N–C) groups is 1. The van der Waals surface area contributed by atoms with Crippen LogP contribution in [0.4, 0.5) is 0 Å². The van der Waals surface area contributed by atoms with Gasteiger partial charge in [-0.2, -0.15) is 12.6 Å². The van der Waals surface area contributed by atoms with Gasteiger partial charge in [0.2, 0.25) is 17.7 Å². The van der Waals surface area contributed by atoms with Crippen molar-refractivity contribution in [2.45, 2.75) is 70.1 Å². The zero-order valence-electron chi connectivity index (χ0n) is 19.8. The largest absolute Gasteiger partial charge is 0.480 e. The summed E-state index contributed by atoms with van der Waals surface area (Å²) in [6.45, 7) is 4.10. The predicted molar refractivity (Wildman–Crippen MR) is 133 cm³/mol. The lowest BCUT2D eigenvalue weighted by molar-refractivity contribution is -0.142. The number of thiol groups is 1. The van der Waals surface area contributed by atoms with Crippen LogP contribution in [-0.2, 0) is 19.2 Å². The highest BCUT2D eigenvalue weighted by Gasteiger charge is 2.31. The Morgan fingerprint density at radius 1 is 0.912 bits per heavy atom. The topological polar surface area (TPSA) is 241 Å². The minimum Gasteiger partial charge on any atom is -0.480 e. The van der Waals surface area contributed by atoms with Crippen LogP contribution in [0.25, 0.3) is 0 Å². The number of guanidine groups is 1. The molecule has 14 heteroatoms. The first-order valence-electron chi connectivity index (χ1n) is 11.2. The molecule has 0 rings (SSSR count). The van der Waals surface area contributed by atoms with Gasteiger partial charge in [-0.25, -0.2) is 4.79 Å².